The van der Waals surface area contributed by atoms with Gasteiger partial charge in [0.2, 0.25) is 11.8 Å². The fraction of sp³-hybridized carbons (Fsp3) is 0.571. The van der Waals surface area contributed by atoms with Crippen LogP contribution >= 0.6 is 35.6 Å². The number of hydrogen-bond donors (Lipinski definition) is 1. The van der Waals surface area contributed by atoms with Gasteiger partial charge in [0.25, 0.3) is 0 Å². The van der Waals surface area contributed by atoms with Gasteiger partial charge in [-0.1, -0.05) is 23.7 Å². The first kappa shape index (κ1) is 24.7. The summed E-state index contributed by atoms with van der Waals surface area (Å²) in [6.07, 6.45) is 3.74. The van der Waals surface area contributed by atoms with Crippen LogP contribution in [0.25, 0.3) is 0 Å². The van der Waals surface area contributed by atoms with E-state index in [1.165, 1.54) is 6.42 Å². The number of carbonyl (C=O) groups is 2. The second kappa shape index (κ2) is 12.3. The Bertz CT molecular complexity index is 747. The smallest absolute Gasteiger partial charge is 0.241 e. The Morgan fingerprint density at radius 2 is 1.60 bits per heavy atom. The lowest BCUT2D eigenvalue weighted by molar-refractivity contribution is -0.131. The van der Waals surface area contributed by atoms with E-state index in [-0.39, 0.29) is 42.3 Å². The molecular weight excluding hydrogens is 517 g/mol. The normalized spacial score (nSPS) is 17.4. The molecule has 166 valence electrons. The van der Waals surface area contributed by atoms with E-state index < -0.39 is 0 Å². The maximum absolute atomic E-state index is 12.6. The monoisotopic (exact) mass is 547 g/mol. The molecule has 0 radical (unpaired) electrons. The second-order valence-electron chi connectivity index (χ2n) is 7.52. The van der Waals surface area contributed by atoms with Crippen molar-refractivity contribution in [3.8, 4) is 0 Å². The summed E-state index contributed by atoms with van der Waals surface area (Å²) in [6.45, 7) is 4.64. The first-order valence-corrected chi connectivity index (χ1v) is 10.7. The Kier molecular flexibility index (Phi) is 10.2. The van der Waals surface area contributed by atoms with Gasteiger partial charge < -0.3 is 20.0 Å². The van der Waals surface area contributed by atoms with Crippen LogP contribution in [0.3, 0.4) is 0 Å². The Balaban J connectivity index is 0.00000320. The molecule has 0 aromatic heterocycles. The highest BCUT2D eigenvalue weighted by Crippen LogP contribution is 2.13. The number of amides is 2. The number of hydrogen-bond acceptors (Lipinski definition) is 3. The van der Waals surface area contributed by atoms with Gasteiger partial charge in [-0.25, -0.2) is 0 Å². The molecule has 2 aliphatic heterocycles. The van der Waals surface area contributed by atoms with Gasteiger partial charge in [0, 0.05) is 51.3 Å². The van der Waals surface area contributed by atoms with Crippen LogP contribution in [0, 0.1) is 0 Å². The first-order valence-electron chi connectivity index (χ1n) is 10.3. The largest absolute Gasteiger partial charge is 0.347 e. The quantitative estimate of drug-likeness (QED) is 0.357. The third kappa shape index (κ3) is 7.01. The third-order valence-electron chi connectivity index (χ3n) is 5.49. The van der Waals surface area contributed by atoms with Crippen molar-refractivity contribution in [3.63, 3.8) is 0 Å². The Morgan fingerprint density at radius 1 is 0.967 bits per heavy atom. The SMILES string of the molecule is CN=C(NCC(=O)N1CCCCC1)N1CCN(C(=O)Cc2cccc(Cl)c2)CC1.I. The van der Waals surface area contributed by atoms with Gasteiger partial charge in [0.05, 0.1) is 13.0 Å². The molecule has 0 spiro atoms. The Labute approximate surface area is 200 Å². The lowest BCUT2D eigenvalue weighted by atomic mass is 10.1. The molecule has 0 unspecified atom stereocenters. The van der Waals surface area contributed by atoms with Crippen molar-refractivity contribution in [2.24, 2.45) is 4.99 Å². The van der Waals surface area contributed by atoms with E-state index in [1.54, 1.807) is 7.05 Å². The molecule has 0 aliphatic carbocycles. The minimum Gasteiger partial charge on any atom is -0.347 e. The Morgan fingerprint density at radius 3 is 2.23 bits per heavy atom. The molecule has 30 heavy (non-hydrogen) atoms. The zero-order chi connectivity index (χ0) is 20.6. The standard InChI is InChI=1S/C21H30ClN5O2.HI/c1-23-21(24-16-20(29)25-8-3-2-4-9-25)27-12-10-26(11-13-27)19(28)15-17-6-5-7-18(22)14-17;/h5-7,14H,2-4,8-13,15-16H2,1H3,(H,23,24);1H. The van der Waals surface area contributed by atoms with E-state index in [0.29, 0.717) is 37.6 Å². The summed E-state index contributed by atoms with van der Waals surface area (Å²) in [5, 5.41) is 3.84. The number of halogens is 2. The zero-order valence-corrected chi connectivity index (χ0v) is 20.6. The highest BCUT2D eigenvalue weighted by atomic mass is 127. The molecule has 0 atom stereocenters. The third-order valence-corrected chi connectivity index (χ3v) is 5.73. The predicted molar refractivity (Wildman–Crippen MR) is 131 cm³/mol. The van der Waals surface area contributed by atoms with E-state index in [1.807, 2.05) is 34.1 Å². The van der Waals surface area contributed by atoms with Crippen LogP contribution in [0.2, 0.25) is 5.02 Å². The summed E-state index contributed by atoms with van der Waals surface area (Å²) in [4.78, 5) is 35.2. The topological polar surface area (TPSA) is 68.2 Å². The van der Waals surface area contributed by atoms with Gasteiger partial charge in [-0.15, -0.1) is 24.0 Å². The lowest BCUT2D eigenvalue weighted by Gasteiger charge is -2.36. The van der Waals surface area contributed by atoms with E-state index in [0.717, 1.165) is 37.5 Å². The molecule has 0 bridgehead atoms. The van der Waals surface area contributed by atoms with Gasteiger partial charge in [0.1, 0.15) is 0 Å². The van der Waals surface area contributed by atoms with E-state index in [9.17, 15) is 9.59 Å². The summed E-state index contributed by atoms with van der Waals surface area (Å²) < 4.78 is 0. The number of piperidine rings is 1. The molecular formula is C21H31ClIN5O2. The molecule has 1 aromatic rings. The molecule has 9 heteroatoms. The van der Waals surface area contributed by atoms with Crippen molar-refractivity contribution in [1.82, 2.24) is 20.0 Å². The summed E-state index contributed by atoms with van der Waals surface area (Å²) in [7, 11) is 1.73. The first-order chi connectivity index (χ1) is 14.1. The molecule has 0 saturated carbocycles. The van der Waals surface area contributed by atoms with Gasteiger partial charge in [0.15, 0.2) is 5.96 Å². The van der Waals surface area contributed by atoms with Crippen molar-refractivity contribution < 1.29 is 9.59 Å². The molecule has 2 fully saturated rings. The molecule has 7 nitrogen and oxygen atoms in total. The highest BCUT2D eigenvalue weighted by molar-refractivity contribution is 14.0. The van der Waals surface area contributed by atoms with Crippen LogP contribution in [0.15, 0.2) is 29.3 Å². The van der Waals surface area contributed by atoms with Crippen LogP contribution in [-0.4, -0.2) is 85.3 Å². The summed E-state index contributed by atoms with van der Waals surface area (Å²) in [6, 6.07) is 7.43. The van der Waals surface area contributed by atoms with Gasteiger partial charge in [-0.3, -0.25) is 14.6 Å². The average Bonchev–Trinajstić information content (AvgIpc) is 2.75. The van der Waals surface area contributed by atoms with Gasteiger partial charge in [-0.2, -0.15) is 0 Å². The zero-order valence-electron chi connectivity index (χ0n) is 17.5. The number of rotatable bonds is 4. The van der Waals surface area contributed by atoms with Crippen LogP contribution < -0.4 is 5.32 Å². The van der Waals surface area contributed by atoms with Crippen LogP contribution in [-0.2, 0) is 16.0 Å². The minimum atomic E-state index is 0. The maximum Gasteiger partial charge on any atom is 0.241 e. The van der Waals surface area contributed by atoms with Crippen LogP contribution in [0.1, 0.15) is 24.8 Å². The molecule has 1 aromatic carbocycles. The number of aliphatic imine (C=N–C) groups is 1. The summed E-state index contributed by atoms with van der Waals surface area (Å²) >= 11 is 6.01. The number of benzene rings is 1. The molecule has 2 aliphatic rings. The summed E-state index contributed by atoms with van der Waals surface area (Å²) in [5.41, 5.74) is 0.929. The molecule has 2 saturated heterocycles. The van der Waals surface area contributed by atoms with Gasteiger partial charge in [-0.05, 0) is 37.0 Å². The van der Waals surface area contributed by atoms with Crippen molar-refractivity contribution in [2.75, 3.05) is 52.9 Å². The van der Waals surface area contributed by atoms with Crippen LogP contribution in [0.5, 0.6) is 0 Å². The molecule has 2 amide bonds. The fourth-order valence-corrected chi connectivity index (χ4v) is 4.06. The van der Waals surface area contributed by atoms with Crippen molar-refractivity contribution in [3.05, 3.63) is 34.9 Å². The van der Waals surface area contributed by atoms with Gasteiger partial charge >= 0.3 is 0 Å². The summed E-state index contributed by atoms with van der Waals surface area (Å²) in [5.74, 6) is 0.952. The number of nitrogens with zero attached hydrogens (tertiary/aromatic N) is 4. The van der Waals surface area contributed by atoms with E-state index in [2.05, 4.69) is 15.2 Å². The second-order valence-corrected chi connectivity index (χ2v) is 7.95. The van der Waals surface area contributed by atoms with Crippen molar-refractivity contribution in [2.45, 2.75) is 25.7 Å². The molecule has 2 heterocycles. The number of piperazine rings is 1. The number of nitrogens with one attached hydrogen (secondary N) is 1. The highest BCUT2D eigenvalue weighted by Gasteiger charge is 2.24. The lowest BCUT2D eigenvalue weighted by Crippen LogP contribution is -2.55. The number of guanidine groups is 1. The predicted octanol–water partition coefficient (Wildman–Crippen LogP) is 2.23. The average molecular weight is 548 g/mol. The van der Waals surface area contributed by atoms with E-state index in [4.69, 9.17) is 11.6 Å². The molecule has 1 N–H and O–H groups in total. The van der Waals surface area contributed by atoms with Crippen molar-refractivity contribution in [1.29, 1.82) is 0 Å². The van der Waals surface area contributed by atoms with E-state index >= 15 is 0 Å². The minimum absolute atomic E-state index is 0. The molecule has 3 rings (SSSR count). The van der Waals surface area contributed by atoms with Crippen molar-refractivity contribution >= 4 is 53.4 Å². The fourth-order valence-electron chi connectivity index (χ4n) is 3.84. The van der Waals surface area contributed by atoms with Crippen LogP contribution in [0.4, 0.5) is 0 Å². The number of likely N-dealkylation sites (tertiary alicyclic amines) is 1. The maximum atomic E-state index is 12.6. The number of carbonyl (C=O) groups excluding carboxylic acids is 2. The Hall–Kier alpha value is -1.55.